The molecule has 1 amide bonds. The number of sulfonamides is 1. The lowest BCUT2D eigenvalue weighted by atomic mass is 9.97. The lowest BCUT2D eigenvalue weighted by molar-refractivity contribution is -0.139. The van der Waals surface area contributed by atoms with Crippen LogP contribution in [0.1, 0.15) is 18.4 Å². The van der Waals surface area contributed by atoms with Gasteiger partial charge in [0.1, 0.15) is 5.75 Å². The molecule has 6 nitrogen and oxygen atoms in total. The molecule has 0 spiro atoms. The van der Waals surface area contributed by atoms with Crippen LogP contribution in [0.15, 0.2) is 53.4 Å². The second-order valence-corrected chi connectivity index (χ2v) is 8.77. The van der Waals surface area contributed by atoms with Crippen LogP contribution in [0.3, 0.4) is 0 Å². The zero-order valence-electron chi connectivity index (χ0n) is 16.1. The van der Waals surface area contributed by atoms with E-state index >= 15 is 0 Å². The number of nitrogens with zero attached hydrogens (tertiary/aromatic N) is 1. The number of nitrogens with one attached hydrogen (secondary N) is 1. The number of ether oxygens (including phenoxy) is 1. The summed E-state index contributed by atoms with van der Waals surface area (Å²) in [5.41, 5.74) is -0.694. The van der Waals surface area contributed by atoms with Gasteiger partial charge in [-0.3, -0.25) is 4.79 Å². The smallest absolute Gasteiger partial charge is 0.417 e. The number of carbonyl (C=O) groups excluding carboxylic acids is 1. The largest absolute Gasteiger partial charge is 0.495 e. The number of hydrogen-bond acceptors (Lipinski definition) is 4. The average molecular weight is 442 g/mol. The van der Waals surface area contributed by atoms with Crippen molar-refractivity contribution in [3.8, 4) is 5.75 Å². The number of rotatable bonds is 5. The molecule has 10 heteroatoms. The van der Waals surface area contributed by atoms with Crippen LogP contribution in [-0.4, -0.2) is 38.8 Å². The molecule has 0 bridgehead atoms. The van der Waals surface area contributed by atoms with Crippen molar-refractivity contribution in [1.29, 1.82) is 0 Å². The third kappa shape index (κ3) is 4.59. The first-order chi connectivity index (χ1) is 14.1. The molecule has 0 saturated carbocycles. The van der Waals surface area contributed by atoms with Crippen LogP contribution in [-0.2, 0) is 21.0 Å². The van der Waals surface area contributed by atoms with E-state index in [9.17, 15) is 26.4 Å². The van der Waals surface area contributed by atoms with Gasteiger partial charge in [0, 0.05) is 19.0 Å². The van der Waals surface area contributed by atoms with E-state index in [1.54, 1.807) is 24.3 Å². The highest BCUT2D eigenvalue weighted by Crippen LogP contribution is 2.36. The Balaban J connectivity index is 1.70. The SMILES string of the molecule is COc1ccccc1NC(=O)C1CCN(S(=O)(=O)c2ccccc2C(F)(F)F)CC1. The number of carbonyl (C=O) groups is 1. The second kappa shape index (κ2) is 8.65. The van der Waals surface area contributed by atoms with Crippen molar-refractivity contribution in [2.75, 3.05) is 25.5 Å². The summed E-state index contributed by atoms with van der Waals surface area (Å²) in [4.78, 5) is 11.8. The summed E-state index contributed by atoms with van der Waals surface area (Å²) in [6.07, 6.45) is -4.38. The van der Waals surface area contributed by atoms with Gasteiger partial charge in [0.15, 0.2) is 0 Å². The lowest BCUT2D eigenvalue weighted by Crippen LogP contribution is -2.41. The van der Waals surface area contributed by atoms with Crippen molar-refractivity contribution in [3.63, 3.8) is 0 Å². The van der Waals surface area contributed by atoms with Gasteiger partial charge in [0.05, 0.1) is 23.3 Å². The first-order valence-corrected chi connectivity index (χ1v) is 10.7. The molecular weight excluding hydrogens is 421 g/mol. The number of halogens is 3. The van der Waals surface area contributed by atoms with Gasteiger partial charge in [-0.15, -0.1) is 0 Å². The summed E-state index contributed by atoms with van der Waals surface area (Å²) in [6, 6.07) is 11.0. The Morgan fingerprint density at radius 1 is 1.07 bits per heavy atom. The van der Waals surface area contributed by atoms with Gasteiger partial charge in [0.2, 0.25) is 15.9 Å². The third-order valence-corrected chi connectivity index (χ3v) is 6.96. The normalized spacial score (nSPS) is 16.3. The highest BCUT2D eigenvalue weighted by molar-refractivity contribution is 7.89. The van der Waals surface area contributed by atoms with Gasteiger partial charge in [-0.05, 0) is 37.1 Å². The Kier molecular flexibility index (Phi) is 6.37. The van der Waals surface area contributed by atoms with Crippen molar-refractivity contribution < 1.29 is 31.1 Å². The van der Waals surface area contributed by atoms with Crippen molar-refractivity contribution >= 4 is 21.6 Å². The topological polar surface area (TPSA) is 75.7 Å². The first kappa shape index (κ1) is 22.1. The van der Waals surface area contributed by atoms with Crippen LogP contribution in [0.2, 0.25) is 0 Å². The quantitative estimate of drug-likeness (QED) is 0.765. The molecule has 1 N–H and O–H groups in total. The summed E-state index contributed by atoms with van der Waals surface area (Å²) >= 11 is 0. The molecule has 1 aliphatic heterocycles. The fourth-order valence-electron chi connectivity index (χ4n) is 3.41. The summed E-state index contributed by atoms with van der Waals surface area (Å²) < 4.78 is 71.5. The monoisotopic (exact) mass is 442 g/mol. The Morgan fingerprint density at radius 2 is 1.67 bits per heavy atom. The molecule has 162 valence electrons. The Hall–Kier alpha value is -2.59. The van der Waals surface area contributed by atoms with E-state index in [-0.39, 0.29) is 31.8 Å². The standard InChI is InChI=1S/C20H21F3N2O4S/c1-29-17-8-4-3-7-16(17)24-19(26)14-10-12-25(13-11-14)30(27,28)18-9-5-2-6-15(18)20(21,22)23/h2-9,14H,10-13H2,1H3,(H,24,26). The number of hydrogen-bond donors (Lipinski definition) is 1. The molecule has 3 rings (SSSR count). The van der Waals surface area contributed by atoms with Crippen LogP contribution in [0.5, 0.6) is 5.75 Å². The number of anilines is 1. The average Bonchev–Trinajstić information content (AvgIpc) is 2.73. The molecule has 1 saturated heterocycles. The Bertz CT molecular complexity index is 1020. The fraction of sp³-hybridized carbons (Fsp3) is 0.350. The summed E-state index contributed by atoms with van der Waals surface area (Å²) in [7, 11) is -2.85. The predicted octanol–water partition coefficient (Wildman–Crippen LogP) is 3.75. The van der Waals surface area contributed by atoms with E-state index < -0.39 is 32.6 Å². The van der Waals surface area contributed by atoms with Gasteiger partial charge < -0.3 is 10.1 Å². The number of amides is 1. The summed E-state index contributed by atoms with van der Waals surface area (Å²) in [5, 5.41) is 2.76. The predicted molar refractivity (Wildman–Crippen MR) is 105 cm³/mol. The molecule has 0 aliphatic carbocycles. The zero-order valence-corrected chi connectivity index (χ0v) is 17.0. The summed E-state index contributed by atoms with van der Waals surface area (Å²) in [5.74, 6) is -0.249. The van der Waals surface area contributed by atoms with Gasteiger partial charge in [-0.1, -0.05) is 24.3 Å². The third-order valence-electron chi connectivity index (χ3n) is 5.00. The number of piperidine rings is 1. The molecule has 2 aromatic carbocycles. The second-order valence-electron chi connectivity index (χ2n) is 6.86. The van der Waals surface area contributed by atoms with Gasteiger partial charge in [0.25, 0.3) is 0 Å². The van der Waals surface area contributed by atoms with Crippen LogP contribution in [0.25, 0.3) is 0 Å². The van der Waals surface area contributed by atoms with Crippen LogP contribution in [0, 0.1) is 5.92 Å². The molecule has 30 heavy (non-hydrogen) atoms. The molecule has 1 aliphatic rings. The van der Waals surface area contributed by atoms with E-state index in [4.69, 9.17) is 4.74 Å². The van der Waals surface area contributed by atoms with Gasteiger partial charge in [-0.25, -0.2) is 8.42 Å². The number of para-hydroxylation sites is 2. The molecule has 2 aromatic rings. The maximum absolute atomic E-state index is 13.2. The lowest BCUT2D eigenvalue weighted by Gasteiger charge is -2.31. The highest BCUT2D eigenvalue weighted by atomic mass is 32.2. The Morgan fingerprint density at radius 3 is 2.30 bits per heavy atom. The van der Waals surface area contributed by atoms with Crippen molar-refractivity contribution in [3.05, 3.63) is 54.1 Å². The Labute approximate surface area is 172 Å². The van der Waals surface area contributed by atoms with Crippen LogP contribution in [0.4, 0.5) is 18.9 Å². The van der Waals surface area contributed by atoms with Crippen LogP contribution >= 0.6 is 0 Å². The number of methoxy groups -OCH3 is 1. The van der Waals surface area contributed by atoms with Crippen LogP contribution < -0.4 is 10.1 Å². The van der Waals surface area contributed by atoms with Crippen molar-refractivity contribution in [2.24, 2.45) is 5.92 Å². The maximum atomic E-state index is 13.2. The molecule has 0 atom stereocenters. The van der Waals surface area contributed by atoms with Crippen molar-refractivity contribution in [2.45, 2.75) is 23.9 Å². The number of alkyl halides is 3. The number of benzene rings is 2. The molecule has 1 heterocycles. The molecule has 0 aromatic heterocycles. The van der Waals surface area contributed by atoms with E-state index in [0.717, 1.165) is 22.5 Å². The van der Waals surface area contributed by atoms with Crippen molar-refractivity contribution in [1.82, 2.24) is 4.31 Å². The highest BCUT2D eigenvalue weighted by Gasteiger charge is 2.40. The van der Waals surface area contributed by atoms with Gasteiger partial charge >= 0.3 is 6.18 Å². The summed E-state index contributed by atoms with van der Waals surface area (Å²) in [6.45, 7) is -0.0862. The molecule has 0 radical (unpaired) electrons. The van der Waals surface area contributed by atoms with E-state index in [1.165, 1.54) is 13.2 Å². The van der Waals surface area contributed by atoms with Gasteiger partial charge in [-0.2, -0.15) is 17.5 Å². The fourth-order valence-corrected chi connectivity index (χ4v) is 5.09. The first-order valence-electron chi connectivity index (χ1n) is 9.25. The molecule has 1 fully saturated rings. The minimum Gasteiger partial charge on any atom is -0.495 e. The maximum Gasteiger partial charge on any atom is 0.417 e. The van der Waals surface area contributed by atoms with E-state index in [1.807, 2.05) is 0 Å². The molecular formula is C20H21F3N2O4S. The van der Waals surface area contributed by atoms with E-state index in [0.29, 0.717) is 11.4 Å². The van der Waals surface area contributed by atoms with E-state index in [2.05, 4.69) is 5.32 Å². The zero-order chi connectivity index (χ0) is 21.9. The minimum absolute atomic E-state index is 0.0431. The molecule has 0 unspecified atom stereocenters. The minimum atomic E-state index is -4.78.